The maximum atomic E-state index is 14.2. The number of halogens is 2. The van der Waals surface area contributed by atoms with Crippen LogP contribution in [-0.2, 0) is 0 Å². The number of benzene rings is 1. The van der Waals surface area contributed by atoms with Gasteiger partial charge in [0, 0.05) is 24.5 Å². The van der Waals surface area contributed by atoms with E-state index in [2.05, 4.69) is 47.7 Å². The summed E-state index contributed by atoms with van der Waals surface area (Å²) in [6.07, 6.45) is 0. The average Bonchev–Trinajstić information content (AvgIpc) is 2.76. The SMILES string of the molecule is CC(C)(C)N1C[C@H](c2cccc(Br)c2F)[C@@H](C#N)C1. The lowest BCUT2D eigenvalue weighted by atomic mass is 9.89. The van der Waals surface area contributed by atoms with Crippen molar-refractivity contribution in [3.05, 3.63) is 34.1 Å². The van der Waals surface area contributed by atoms with Gasteiger partial charge in [0.15, 0.2) is 0 Å². The lowest BCUT2D eigenvalue weighted by Gasteiger charge is -2.31. The van der Waals surface area contributed by atoms with Gasteiger partial charge in [0.1, 0.15) is 5.82 Å². The molecule has 4 heteroatoms. The van der Waals surface area contributed by atoms with Gasteiger partial charge in [-0.2, -0.15) is 5.26 Å². The Kier molecular flexibility index (Phi) is 3.98. The Bertz CT molecular complexity index is 516. The topological polar surface area (TPSA) is 27.0 Å². The highest BCUT2D eigenvalue weighted by atomic mass is 79.9. The van der Waals surface area contributed by atoms with E-state index in [4.69, 9.17) is 0 Å². The van der Waals surface area contributed by atoms with E-state index in [1.165, 1.54) is 0 Å². The highest BCUT2D eigenvalue weighted by molar-refractivity contribution is 9.10. The Hall–Kier alpha value is -0.920. The van der Waals surface area contributed by atoms with Crippen molar-refractivity contribution in [3.8, 4) is 6.07 Å². The summed E-state index contributed by atoms with van der Waals surface area (Å²) < 4.78 is 14.7. The zero-order valence-electron chi connectivity index (χ0n) is 11.5. The van der Waals surface area contributed by atoms with Crippen LogP contribution in [0.2, 0.25) is 0 Å². The summed E-state index contributed by atoms with van der Waals surface area (Å²) in [6, 6.07) is 7.65. The molecular weight excluding hydrogens is 307 g/mol. The highest BCUT2D eigenvalue weighted by Gasteiger charge is 2.39. The molecule has 1 aliphatic rings. The molecule has 19 heavy (non-hydrogen) atoms. The Balaban J connectivity index is 2.34. The van der Waals surface area contributed by atoms with Crippen LogP contribution >= 0.6 is 15.9 Å². The van der Waals surface area contributed by atoms with Crippen LogP contribution in [0.1, 0.15) is 32.3 Å². The molecular formula is C15H18BrFN2. The van der Waals surface area contributed by atoms with Crippen LogP contribution in [0, 0.1) is 23.1 Å². The third-order valence-corrected chi connectivity index (χ3v) is 4.43. The highest BCUT2D eigenvalue weighted by Crippen LogP contribution is 2.38. The van der Waals surface area contributed by atoms with Crippen LogP contribution in [0.3, 0.4) is 0 Å². The van der Waals surface area contributed by atoms with Crippen molar-refractivity contribution in [2.24, 2.45) is 5.92 Å². The van der Waals surface area contributed by atoms with Gasteiger partial charge in [-0.3, -0.25) is 4.90 Å². The minimum absolute atomic E-state index is 0.00629. The predicted molar refractivity (Wildman–Crippen MR) is 77.3 cm³/mol. The molecule has 0 spiro atoms. The van der Waals surface area contributed by atoms with Crippen LogP contribution in [0.4, 0.5) is 4.39 Å². The molecule has 2 atom stereocenters. The first-order valence-corrected chi connectivity index (χ1v) is 7.22. The molecule has 1 saturated heterocycles. The van der Waals surface area contributed by atoms with E-state index in [-0.39, 0.29) is 23.2 Å². The molecule has 0 amide bonds. The number of hydrogen-bond donors (Lipinski definition) is 0. The van der Waals surface area contributed by atoms with Crippen LogP contribution in [0.15, 0.2) is 22.7 Å². The van der Waals surface area contributed by atoms with Gasteiger partial charge in [-0.15, -0.1) is 0 Å². The minimum Gasteiger partial charge on any atom is -0.297 e. The van der Waals surface area contributed by atoms with E-state index in [9.17, 15) is 9.65 Å². The van der Waals surface area contributed by atoms with E-state index in [0.717, 1.165) is 6.54 Å². The first-order valence-electron chi connectivity index (χ1n) is 6.43. The maximum absolute atomic E-state index is 14.2. The molecule has 1 fully saturated rings. The number of hydrogen-bond acceptors (Lipinski definition) is 2. The second kappa shape index (κ2) is 5.22. The van der Waals surface area contributed by atoms with Gasteiger partial charge in [0.2, 0.25) is 0 Å². The van der Waals surface area contributed by atoms with Gasteiger partial charge in [0.25, 0.3) is 0 Å². The van der Waals surface area contributed by atoms with Crippen molar-refractivity contribution < 1.29 is 4.39 Å². The Morgan fingerprint density at radius 2 is 2.05 bits per heavy atom. The number of nitriles is 1. The molecule has 0 aromatic heterocycles. The summed E-state index contributed by atoms with van der Waals surface area (Å²) in [5.74, 6) is -0.437. The van der Waals surface area contributed by atoms with E-state index in [0.29, 0.717) is 16.6 Å². The summed E-state index contributed by atoms with van der Waals surface area (Å²) in [7, 11) is 0. The zero-order valence-corrected chi connectivity index (χ0v) is 13.0. The van der Waals surface area contributed by atoms with Crippen molar-refractivity contribution in [1.82, 2.24) is 4.90 Å². The van der Waals surface area contributed by atoms with Gasteiger partial charge in [0.05, 0.1) is 16.5 Å². The maximum Gasteiger partial charge on any atom is 0.140 e. The second-order valence-electron chi connectivity index (χ2n) is 6.06. The summed E-state index contributed by atoms with van der Waals surface area (Å²) in [5.41, 5.74) is 0.652. The minimum atomic E-state index is -0.233. The zero-order chi connectivity index (χ0) is 14.2. The van der Waals surface area contributed by atoms with E-state index in [1.807, 2.05) is 6.07 Å². The molecule has 1 heterocycles. The molecule has 0 saturated carbocycles. The summed E-state index contributed by atoms with van der Waals surface area (Å²) in [6.45, 7) is 7.81. The molecule has 0 aliphatic carbocycles. The van der Waals surface area contributed by atoms with Gasteiger partial charge in [-0.25, -0.2) is 4.39 Å². The standard InChI is InChI=1S/C15H18BrFN2/c1-15(2,3)19-8-10(7-18)12(9-19)11-5-4-6-13(16)14(11)17/h4-6,10,12H,8-9H2,1-3H3/t10-,12-/m0/s1. The summed E-state index contributed by atoms with van der Waals surface area (Å²) in [5, 5.41) is 9.33. The molecule has 1 aliphatic heterocycles. The fraction of sp³-hybridized carbons (Fsp3) is 0.533. The summed E-state index contributed by atoms with van der Waals surface area (Å²) in [4.78, 5) is 2.26. The molecule has 102 valence electrons. The first kappa shape index (κ1) is 14.5. The lowest BCUT2D eigenvalue weighted by molar-refractivity contribution is 0.170. The lowest BCUT2D eigenvalue weighted by Crippen LogP contribution is -2.39. The largest absolute Gasteiger partial charge is 0.297 e. The van der Waals surface area contributed by atoms with E-state index < -0.39 is 0 Å². The van der Waals surface area contributed by atoms with Crippen molar-refractivity contribution in [2.75, 3.05) is 13.1 Å². The van der Waals surface area contributed by atoms with E-state index in [1.54, 1.807) is 12.1 Å². The van der Waals surface area contributed by atoms with Crippen LogP contribution < -0.4 is 0 Å². The monoisotopic (exact) mass is 324 g/mol. The Morgan fingerprint density at radius 3 is 2.63 bits per heavy atom. The Labute approximate surface area is 122 Å². The number of likely N-dealkylation sites (tertiary alicyclic amines) is 1. The number of rotatable bonds is 1. The fourth-order valence-corrected chi connectivity index (χ4v) is 2.99. The summed E-state index contributed by atoms with van der Waals surface area (Å²) >= 11 is 3.22. The molecule has 1 aromatic carbocycles. The van der Waals surface area contributed by atoms with Crippen molar-refractivity contribution in [1.29, 1.82) is 5.26 Å². The average molecular weight is 325 g/mol. The fourth-order valence-electron chi connectivity index (χ4n) is 2.60. The van der Waals surface area contributed by atoms with Crippen LogP contribution in [0.25, 0.3) is 0 Å². The number of nitrogens with zero attached hydrogens (tertiary/aromatic N) is 2. The van der Waals surface area contributed by atoms with Gasteiger partial charge < -0.3 is 0 Å². The molecule has 0 N–H and O–H groups in total. The molecule has 2 nitrogen and oxygen atoms in total. The second-order valence-corrected chi connectivity index (χ2v) is 6.92. The normalized spacial score (nSPS) is 24.4. The molecule has 2 rings (SSSR count). The van der Waals surface area contributed by atoms with Crippen LogP contribution in [0.5, 0.6) is 0 Å². The Morgan fingerprint density at radius 1 is 1.37 bits per heavy atom. The third-order valence-electron chi connectivity index (χ3n) is 3.82. The molecule has 0 radical (unpaired) electrons. The van der Waals surface area contributed by atoms with Crippen LogP contribution in [-0.4, -0.2) is 23.5 Å². The molecule has 1 aromatic rings. The van der Waals surface area contributed by atoms with E-state index >= 15 is 0 Å². The third kappa shape index (κ3) is 2.82. The smallest absolute Gasteiger partial charge is 0.140 e. The predicted octanol–water partition coefficient (Wildman–Crippen LogP) is 3.93. The van der Waals surface area contributed by atoms with Gasteiger partial charge in [-0.1, -0.05) is 12.1 Å². The molecule has 0 unspecified atom stereocenters. The van der Waals surface area contributed by atoms with Crippen molar-refractivity contribution in [3.63, 3.8) is 0 Å². The molecule has 0 bridgehead atoms. The van der Waals surface area contributed by atoms with Crippen molar-refractivity contribution in [2.45, 2.75) is 32.2 Å². The van der Waals surface area contributed by atoms with Gasteiger partial charge in [-0.05, 0) is 48.3 Å². The van der Waals surface area contributed by atoms with Crippen molar-refractivity contribution >= 4 is 15.9 Å². The first-order chi connectivity index (χ1) is 8.84. The quantitative estimate of drug-likeness (QED) is 0.782. The van der Waals surface area contributed by atoms with Gasteiger partial charge >= 0.3 is 0 Å².